The lowest BCUT2D eigenvalue weighted by Gasteiger charge is -2.17. The molecule has 0 aliphatic heterocycles. The average Bonchev–Trinajstić information content (AvgIpc) is 2.62. The minimum Gasteiger partial charge on any atom is -0.362 e. The van der Waals surface area contributed by atoms with Crippen molar-refractivity contribution in [3.63, 3.8) is 0 Å². The number of aromatic amines is 1. The second-order valence-electron chi connectivity index (χ2n) is 4.67. The predicted molar refractivity (Wildman–Crippen MR) is 56.2 cm³/mol. The Morgan fingerprint density at radius 1 is 1.36 bits per heavy atom. The molecule has 2 nitrogen and oxygen atoms in total. The molecule has 1 heterocycles. The molecule has 1 aromatic heterocycles. The van der Waals surface area contributed by atoms with Gasteiger partial charge in [0.25, 0.3) is 0 Å². The lowest BCUT2D eigenvalue weighted by atomic mass is 9.83. The molecule has 0 saturated heterocycles. The maximum Gasteiger partial charge on any atom is 0.0786 e. The predicted octanol–water partition coefficient (Wildman–Crippen LogP) is 2.61. The second-order valence-corrected chi connectivity index (χ2v) is 4.67. The number of hydrogen-bond acceptors (Lipinski definition) is 1. The van der Waals surface area contributed by atoms with E-state index >= 15 is 0 Å². The largest absolute Gasteiger partial charge is 0.362 e. The molecule has 74 valence electrons. The lowest BCUT2D eigenvalue weighted by molar-refractivity contribution is 0.671. The van der Waals surface area contributed by atoms with Crippen LogP contribution >= 0.6 is 0 Å². The van der Waals surface area contributed by atoms with Crippen molar-refractivity contribution >= 4 is 0 Å². The van der Waals surface area contributed by atoms with Gasteiger partial charge in [-0.05, 0) is 51.2 Å². The highest BCUT2D eigenvalue weighted by Gasteiger charge is 2.30. The molecule has 1 N–H and O–H groups in total. The number of nitrogens with zero attached hydrogens (tertiary/aromatic N) is 1. The van der Waals surface area contributed by atoms with E-state index in [1.807, 2.05) is 13.8 Å². The molecule has 0 atom stereocenters. The maximum atomic E-state index is 9.16. The fourth-order valence-electron chi connectivity index (χ4n) is 2.57. The number of nitriles is 1. The Morgan fingerprint density at radius 3 is 2.71 bits per heavy atom. The summed E-state index contributed by atoms with van der Waals surface area (Å²) in [6.07, 6.45) is 3.52. The van der Waals surface area contributed by atoms with E-state index in [1.54, 1.807) is 0 Å². The molecular weight excluding hydrogens is 172 g/mol. The van der Waals surface area contributed by atoms with Gasteiger partial charge in [0.05, 0.1) is 11.5 Å². The van der Waals surface area contributed by atoms with Crippen molar-refractivity contribution < 1.29 is 0 Å². The van der Waals surface area contributed by atoms with Gasteiger partial charge in [-0.25, -0.2) is 0 Å². The van der Waals surface area contributed by atoms with Crippen LogP contribution in [0.4, 0.5) is 0 Å². The molecule has 0 aromatic carbocycles. The molecular formula is C12H16N2. The number of hydrogen-bond donors (Lipinski definition) is 1. The summed E-state index contributed by atoms with van der Waals surface area (Å²) in [7, 11) is 0. The molecule has 14 heavy (non-hydrogen) atoms. The minimum absolute atomic E-state index is 0.349. The van der Waals surface area contributed by atoms with Crippen molar-refractivity contribution in [2.45, 2.75) is 45.4 Å². The number of nitrogens with one attached hydrogen (secondary N) is 1. The first-order valence-electron chi connectivity index (χ1n) is 5.18. The van der Waals surface area contributed by atoms with Crippen molar-refractivity contribution in [3.8, 4) is 6.07 Å². The van der Waals surface area contributed by atoms with Crippen LogP contribution in [0.25, 0.3) is 0 Å². The number of H-pyrrole nitrogens is 1. The third-order valence-electron chi connectivity index (χ3n) is 3.14. The van der Waals surface area contributed by atoms with E-state index in [0.717, 1.165) is 12.8 Å². The molecule has 0 unspecified atom stereocenters. The highest BCUT2D eigenvalue weighted by atomic mass is 14.7. The third kappa shape index (κ3) is 1.16. The van der Waals surface area contributed by atoms with Gasteiger partial charge in [0.1, 0.15) is 0 Å². The molecule has 0 fully saturated rings. The van der Waals surface area contributed by atoms with Gasteiger partial charge >= 0.3 is 0 Å². The van der Waals surface area contributed by atoms with E-state index in [0.29, 0.717) is 0 Å². The summed E-state index contributed by atoms with van der Waals surface area (Å²) in [6, 6.07) is 2.39. The zero-order chi connectivity index (χ0) is 10.3. The molecule has 0 saturated carbocycles. The Kier molecular flexibility index (Phi) is 1.92. The van der Waals surface area contributed by atoms with Gasteiger partial charge in [0, 0.05) is 11.4 Å². The first-order valence-corrected chi connectivity index (χ1v) is 5.18. The summed E-state index contributed by atoms with van der Waals surface area (Å²) in [5, 5.41) is 9.16. The Morgan fingerprint density at radius 2 is 2.07 bits per heavy atom. The quantitative estimate of drug-likeness (QED) is 0.723. The molecule has 0 bridgehead atoms. The number of aromatic nitrogens is 1. The summed E-state index contributed by atoms with van der Waals surface area (Å²) in [5.74, 6) is 0. The lowest BCUT2D eigenvalue weighted by Crippen LogP contribution is -2.16. The summed E-state index contributed by atoms with van der Waals surface area (Å²) in [4.78, 5) is 3.41. The maximum absolute atomic E-state index is 9.16. The van der Waals surface area contributed by atoms with E-state index in [4.69, 9.17) is 5.26 Å². The monoisotopic (exact) mass is 188 g/mol. The van der Waals surface area contributed by atoms with Gasteiger partial charge in [-0.3, -0.25) is 0 Å². The Labute approximate surface area is 84.9 Å². The Hall–Kier alpha value is -1.23. The van der Waals surface area contributed by atoms with Gasteiger partial charge in [0.2, 0.25) is 0 Å². The molecule has 1 aromatic rings. The SMILES string of the molecule is Cc1[nH]c2c(c1C(C)(C)C#N)CCC2. The van der Waals surface area contributed by atoms with Gasteiger partial charge in [-0.15, -0.1) is 0 Å². The highest BCUT2D eigenvalue weighted by Crippen LogP contribution is 2.35. The standard InChI is InChI=1S/C12H16N2/c1-8-11(12(2,3)7-13)9-5-4-6-10(9)14-8/h14H,4-6H2,1-3H3. The second kappa shape index (κ2) is 2.88. The summed E-state index contributed by atoms with van der Waals surface area (Å²) < 4.78 is 0. The third-order valence-corrected chi connectivity index (χ3v) is 3.14. The number of rotatable bonds is 1. The van der Waals surface area contributed by atoms with Crippen LogP contribution in [-0.2, 0) is 18.3 Å². The van der Waals surface area contributed by atoms with Crippen molar-refractivity contribution in [2.75, 3.05) is 0 Å². The van der Waals surface area contributed by atoms with Crippen LogP contribution < -0.4 is 0 Å². The highest BCUT2D eigenvalue weighted by molar-refractivity contribution is 5.46. The minimum atomic E-state index is -0.349. The van der Waals surface area contributed by atoms with E-state index in [2.05, 4.69) is 18.0 Å². The Balaban J connectivity index is 2.59. The van der Waals surface area contributed by atoms with Crippen LogP contribution in [0.5, 0.6) is 0 Å². The van der Waals surface area contributed by atoms with Gasteiger partial charge < -0.3 is 4.98 Å². The van der Waals surface area contributed by atoms with E-state index in [9.17, 15) is 0 Å². The van der Waals surface area contributed by atoms with Crippen LogP contribution in [0.2, 0.25) is 0 Å². The van der Waals surface area contributed by atoms with Gasteiger partial charge in [-0.2, -0.15) is 5.26 Å². The Bertz CT molecular complexity index is 405. The summed E-state index contributed by atoms with van der Waals surface area (Å²) in [6.45, 7) is 6.08. The number of fused-ring (bicyclic) bond motifs is 1. The van der Waals surface area contributed by atoms with Gasteiger partial charge in [-0.1, -0.05) is 0 Å². The topological polar surface area (TPSA) is 39.6 Å². The molecule has 2 heteroatoms. The molecule has 1 aliphatic rings. The van der Waals surface area contributed by atoms with Crippen LogP contribution in [0, 0.1) is 18.3 Å². The van der Waals surface area contributed by atoms with Crippen molar-refractivity contribution in [2.24, 2.45) is 0 Å². The van der Waals surface area contributed by atoms with Crippen molar-refractivity contribution in [3.05, 3.63) is 22.5 Å². The fraction of sp³-hybridized carbons (Fsp3) is 0.583. The normalized spacial score (nSPS) is 15.3. The summed E-state index contributed by atoms with van der Waals surface area (Å²) in [5.41, 5.74) is 4.85. The first kappa shape index (κ1) is 9.33. The van der Waals surface area contributed by atoms with Crippen LogP contribution in [0.3, 0.4) is 0 Å². The van der Waals surface area contributed by atoms with Crippen LogP contribution in [0.15, 0.2) is 0 Å². The first-order chi connectivity index (χ1) is 6.56. The zero-order valence-electron chi connectivity index (χ0n) is 9.07. The van der Waals surface area contributed by atoms with E-state index < -0.39 is 0 Å². The van der Waals surface area contributed by atoms with E-state index in [-0.39, 0.29) is 5.41 Å². The smallest absolute Gasteiger partial charge is 0.0786 e. The molecule has 2 rings (SSSR count). The number of aryl methyl sites for hydroxylation is 2. The molecule has 0 radical (unpaired) electrons. The zero-order valence-corrected chi connectivity index (χ0v) is 9.07. The molecule has 1 aliphatic carbocycles. The van der Waals surface area contributed by atoms with Crippen molar-refractivity contribution in [1.82, 2.24) is 4.98 Å². The summed E-state index contributed by atoms with van der Waals surface area (Å²) >= 11 is 0. The van der Waals surface area contributed by atoms with Crippen LogP contribution in [-0.4, -0.2) is 4.98 Å². The van der Waals surface area contributed by atoms with Crippen LogP contribution in [0.1, 0.15) is 42.8 Å². The van der Waals surface area contributed by atoms with Crippen molar-refractivity contribution in [1.29, 1.82) is 5.26 Å². The fourth-order valence-corrected chi connectivity index (χ4v) is 2.57. The van der Waals surface area contributed by atoms with E-state index in [1.165, 1.54) is 28.9 Å². The van der Waals surface area contributed by atoms with Gasteiger partial charge in [0.15, 0.2) is 0 Å². The molecule has 0 amide bonds. The average molecular weight is 188 g/mol. The molecule has 0 spiro atoms.